The molecular formula is C17H23N3O4. The number of hydrogen-bond acceptors (Lipinski definition) is 5. The summed E-state index contributed by atoms with van der Waals surface area (Å²) in [5.74, 6) is -0.0321. The van der Waals surface area contributed by atoms with Gasteiger partial charge in [0, 0.05) is 43.9 Å². The van der Waals surface area contributed by atoms with E-state index >= 15 is 0 Å². The zero-order chi connectivity index (χ0) is 17.1. The predicted molar refractivity (Wildman–Crippen MR) is 88.8 cm³/mol. The molecule has 2 aliphatic rings. The van der Waals surface area contributed by atoms with E-state index in [-0.39, 0.29) is 18.1 Å². The van der Waals surface area contributed by atoms with Crippen molar-refractivity contribution in [1.29, 1.82) is 0 Å². The first-order valence-electron chi connectivity index (χ1n) is 8.23. The van der Waals surface area contributed by atoms with Crippen LogP contribution in [-0.2, 0) is 9.47 Å². The van der Waals surface area contributed by atoms with Crippen LogP contribution < -0.4 is 5.73 Å². The van der Waals surface area contributed by atoms with Crippen molar-refractivity contribution >= 4 is 17.7 Å². The first kappa shape index (κ1) is 16.6. The van der Waals surface area contributed by atoms with Crippen molar-refractivity contribution in [3.8, 4) is 0 Å². The van der Waals surface area contributed by atoms with Gasteiger partial charge in [-0.15, -0.1) is 0 Å². The lowest BCUT2D eigenvalue weighted by Gasteiger charge is -2.34. The first-order chi connectivity index (χ1) is 11.5. The minimum Gasteiger partial charge on any atom is -0.444 e. The quantitative estimate of drug-likeness (QED) is 0.824. The van der Waals surface area contributed by atoms with Gasteiger partial charge < -0.3 is 25.0 Å². The van der Waals surface area contributed by atoms with E-state index in [0.717, 1.165) is 12.0 Å². The molecule has 0 aromatic heterocycles. The van der Waals surface area contributed by atoms with Gasteiger partial charge in [-0.3, -0.25) is 4.79 Å². The molecular weight excluding hydrogens is 310 g/mol. The van der Waals surface area contributed by atoms with Gasteiger partial charge >= 0.3 is 6.09 Å². The molecule has 1 atom stereocenters. The Balaban J connectivity index is 1.53. The van der Waals surface area contributed by atoms with Crippen molar-refractivity contribution in [2.24, 2.45) is 0 Å². The van der Waals surface area contributed by atoms with Crippen molar-refractivity contribution in [1.82, 2.24) is 9.80 Å². The predicted octanol–water partition coefficient (Wildman–Crippen LogP) is 1.26. The highest BCUT2D eigenvalue weighted by molar-refractivity contribution is 5.95. The van der Waals surface area contributed by atoms with Gasteiger partial charge in [-0.05, 0) is 30.7 Å². The van der Waals surface area contributed by atoms with Gasteiger partial charge in [0.25, 0.3) is 5.91 Å². The molecule has 1 unspecified atom stereocenters. The van der Waals surface area contributed by atoms with Crippen LogP contribution in [0.1, 0.15) is 22.3 Å². The van der Waals surface area contributed by atoms with Crippen LogP contribution in [-0.4, -0.2) is 67.3 Å². The normalized spacial score (nSPS) is 21.0. The summed E-state index contributed by atoms with van der Waals surface area (Å²) in [6, 6.07) is 5.30. The third-order valence-corrected chi connectivity index (χ3v) is 4.50. The molecule has 7 heteroatoms. The molecule has 1 aromatic carbocycles. The van der Waals surface area contributed by atoms with E-state index in [4.69, 9.17) is 15.2 Å². The Morgan fingerprint density at radius 3 is 2.54 bits per heavy atom. The van der Waals surface area contributed by atoms with Gasteiger partial charge in [-0.2, -0.15) is 0 Å². The van der Waals surface area contributed by atoms with Gasteiger partial charge in [0.05, 0.1) is 13.2 Å². The molecule has 24 heavy (non-hydrogen) atoms. The van der Waals surface area contributed by atoms with Crippen LogP contribution in [0.2, 0.25) is 0 Å². The molecule has 2 amide bonds. The summed E-state index contributed by atoms with van der Waals surface area (Å²) in [7, 11) is 0. The fourth-order valence-corrected chi connectivity index (χ4v) is 2.91. The maximum atomic E-state index is 12.6. The molecule has 2 aliphatic heterocycles. The lowest BCUT2D eigenvalue weighted by atomic mass is 10.1. The smallest absolute Gasteiger partial charge is 0.410 e. The van der Waals surface area contributed by atoms with Gasteiger partial charge in [0.1, 0.15) is 6.10 Å². The number of nitrogens with zero attached hydrogens (tertiary/aromatic N) is 2. The van der Waals surface area contributed by atoms with E-state index in [2.05, 4.69) is 0 Å². The largest absolute Gasteiger partial charge is 0.444 e. The average molecular weight is 333 g/mol. The molecule has 0 bridgehead atoms. The lowest BCUT2D eigenvalue weighted by Crippen LogP contribution is -2.51. The monoisotopic (exact) mass is 333 g/mol. The van der Waals surface area contributed by atoms with Crippen molar-refractivity contribution in [3.05, 3.63) is 29.3 Å². The van der Waals surface area contributed by atoms with Crippen molar-refractivity contribution in [2.75, 3.05) is 45.1 Å². The molecule has 0 spiro atoms. The summed E-state index contributed by atoms with van der Waals surface area (Å²) in [5.41, 5.74) is 7.99. The number of carbonyl (C=O) groups is 2. The van der Waals surface area contributed by atoms with Crippen LogP contribution in [0.25, 0.3) is 0 Å². The average Bonchev–Trinajstić information content (AvgIpc) is 3.10. The van der Waals surface area contributed by atoms with E-state index in [1.807, 2.05) is 6.92 Å². The van der Waals surface area contributed by atoms with Gasteiger partial charge in [-0.25, -0.2) is 4.79 Å². The number of carbonyl (C=O) groups excluding carboxylic acids is 2. The second-order valence-corrected chi connectivity index (χ2v) is 6.22. The van der Waals surface area contributed by atoms with Crippen LogP contribution in [0.5, 0.6) is 0 Å². The minimum absolute atomic E-state index is 0.0321. The minimum atomic E-state index is -0.319. The maximum Gasteiger partial charge on any atom is 0.410 e. The summed E-state index contributed by atoms with van der Waals surface area (Å²) in [6.45, 7) is 4.95. The summed E-state index contributed by atoms with van der Waals surface area (Å²) in [6.07, 6.45) is 0.288. The number of hydrogen-bond donors (Lipinski definition) is 1. The van der Waals surface area contributed by atoms with Gasteiger partial charge in [0.15, 0.2) is 0 Å². The number of rotatable bonds is 2. The molecule has 7 nitrogen and oxygen atoms in total. The van der Waals surface area contributed by atoms with Gasteiger partial charge in [0.2, 0.25) is 0 Å². The van der Waals surface area contributed by atoms with Crippen LogP contribution in [0.15, 0.2) is 18.2 Å². The highest BCUT2D eigenvalue weighted by atomic mass is 16.6. The highest BCUT2D eigenvalue weighted by Crippen LogP contribution is 2.16. The number of aryl methyl sites for hydroxylation is 1. The molecule has 2 heterocycles. The third kappa shape index (κ3) is 3.62. The summed E-state index contributed by atoms with van der Waals surface area (Å²) < 4.78 is 10.6. The van der Waals surface area contributed by atoms with E-state index in [9.17, 15) is 9.59 Å². The second-order valence-electron chi connectivity index (χ2n) is 6.22. The summed E-state index contributed by atoms with van der Waals surface area (Å²) >= 11 is 0. The van der Waals surface area contributed by atoms with Crippen molar-refractivity contribution < 1.29 is 19.1 Å². The topological polar surface area (TPSA) is 85.1 Å². The SMILES string of the molecule is Cc1cc(C(=O)N2CCN(C(=O)OC3CCOC3)CC2)ccc1N. The molecule has 1 aromatic rings. The number of amides is 2. The van der Waals surface area contributed by atoms with E-state index in [0.29, 0.717) is 50.6 Å². The molecule has 0 saturated carbocycles. The first-order valence-corrected chi connectivity index (χ1v) is 8.23. The zero-order valence-electron chi connectivity index (χ0n) is 13.9. The third-order valence-electron chi connectivity index (χ3n) is 4.50. The number of nitrogens with two attached hydrogens (primary N) is 1. The molecule has 2 saturated heterocycles. The molecule has 0 radical (unpaired) electrons. The zero-order valence-corrected chi connectivity index (χ0v) is 13.9. The van der Waals surface area contributed by atoms with Gasteiger partial charge in [-0.1, -0.05) is 0 Å². The van der Waals surface area contributed by atoms with Crippen LogP contribution in [0.4, 0.5) is 10.5 Å². The van der Waals surface area contributed by atoms with E-state index in [1.54, 1.807) is 28.0 Å². The van der Waals surface area contributed by atoms with Crippen molar-refractivity contribution in [2.45, 2.75) is 19.4 Å². The summed E-state index contributed by atoms with van der Waals surface area (Å²) in [4.78, 5) is 28.1. The number of anilines is 1. The lowest BCUT2D eigenvalue weighted by molar-refractivity contribution is 0.0370. The number of benzene rings is 1. The maximum absolute atomic E-state index is 12.6. The Morgan fingerprint density at radius 1 is 1.21 bits per heavy atom. The molecule has 130 valence electrons. The standard InChI is InChI=1S/C17H23N3O4/c1-12-10-13(2-3-15(12)18)16(21)19-5-7-20(8-6-19)17(22)24-14-4-9-23-11-14/h2-3,10,14H,4-9,11,18H2,1H3. The number of ether oxygens (including phenoxy) is 2. The Kier molecular flexibility index (Phi) is 4.89. The number of nitrogen functional groups attached to an aromatic ring is 1. The molecule has 0 aliphatic carbocycles. The van der Waals surface area contributed by atoms with Crippen LogP contribution in [0.3, 0.4) is 0 Å². The Hall–Kier alpha value is -2.28. The fraction of sp³-hybridized carbons (Fsp3) is 0.529. The fourth-order valence-electron chi connectivity index (χ4n) is 2.91. The second kappa shape index (κ2) is 7.09. The Bertz CT molecular complexity index is 620. The highest BCUT2D eigenvalue weighted by Gasteiger charge is 2.28. The van der Waals surface area contributed by atoms with Crippen LogP contribution in [0, 0.1) is 6.92 Å². The molecule has 2 fully saturated rings. The Labute approximate surface area is 141 Å². The van der Waals surface area contributed by atoms with Crippen LogP contribution >= 0.6 is 0 Å². The summed E-state index contributed by atoms with van der Waals surface area (Å²) in [5, 5.41) is 0. The number of piperazine rings is 1. The van der Waals surface area contributed by atoms with Crippen molar-refractivity contribution in [3.63, 3.8) is 0 Å². The Morgan fingerprint density at radius 2 is 1.92 bits per heavy atom. The van der Waals surface area contributed by atoms with E-state index in [1.165, 1.54) is 0 Å². The molecule has 2 N–H and O–H groups in total. The molecule has 3 rings (SSSR count). The van der Waals surface area contributed by atoms with E-state index < -0.39 is 0 Å².